The Balaban J connectivity index is 2.58. The van der Waals surface area contributed by atoms with E-state index in [9.17, 15) is 4.79 Å². The van der Waals surface area contributed by atoms with Gasteiger partial charge >= 0.3 is 5.97 Å². The molecular weight excluding hydrogens is 196 g/mol. The number of rotatable bonds is 2. The maximum atomic E-state index is 10.9. The van der Waals surface area contributed by atoms with Gasteiger partial charge in [0.25, 0.3) is 0 Å². The van der Waals surface area contributed by atoms with Crippen molar-refractivity contribution in [2.24, 2.45) is 7.05 Å². The number of nitrogens with zero attached hydrogens (tertiary/aromatic N) is 3. The largest absolute Gasteiger partial charge is 0.477 e. The molecule has 0 saturated carbocycles. The second-order valence-electron chi connectivity index (χ2n) is 3.23. The van der Waals surface area contributed by atoms with E-state index in [0.717, 1.165) is 11.3 Å². The monoisotopic (exact) mass is 206 g/mol. The number of imidazole rings is 1. The number of nitrogens with one attached hydrogen (secondary N) is 1. The van der Waals surface area contributed by atoms with Gasteiger partial charge in [0.05, 0.1) is 12.0 Å². The van der Waals surface area contributed by atoms with E-state index in [0.29, 0.717) is 5.69 Å². The maximum Gasteiger partial charge on any atom is 0.354 e. The average Bonchev–Trinajstić information content (AvgIpc) is 2.71. The molecule has 2 aromatic rings. The number of carboxylic acids is 1. The molecule has 0 aliphatic carbocycles. The summed E-state index contributed by atoms with van der Waals surface area (Å²) in [5, 5.41) is 13.1. The molecule has 0 amide bonds. The zero-order valence-corrected chi connectivity index (χ0v) is 8.35. The Kier molecular flexibility index (Phi) is 2.03. The first-order valence-electron chi connectivity index (χ1n) is 4.37. The number of hydrogen-bond acceptors (Lipinski definition) is 3. The van der Waals surface area contributed by atoms with Crippen LogP contribution in [0.1, 0.15) is 16.2 Å². The summed E-state index contributed by atoms with van der Waals surface area (Å²) in [6, 6.07) is 0. The molecule has 78 valence electrons. The quantitative estimate of drug-likeness (QED) is 0.761. The van der Waals surface area contributed by atoms with Gasteiger partial charge in [-0.1, -0.05) is 0 Å². The molecule has 0 aliphatic heterocycles. The van der Waals surface area contributed by atoms with Crippen LogP contribution in [0.2, 0.25) is 0 Å². The van der Waals surface area contributed by atoms with Crippen molar-refractivity contribution in [1.82, 2.24) is 19.7 Å². The van der Waals surface area contributed by atoms with Crippen molar-refractivity contribution in [2.45, 2.75) is 6.92 Å². The molecule has 0 spiro atoms. The number of aryl methyl sites for hydroxylation is 2. The summed E-state index contributed by atoms with van der Waals surface area (Å²) in [6.45, 7) is 1.82. The van der Waals surface area contributed by atoms with Gasteiger partial charge in [-0.05, 0) is 6.92 Å². The SMILES string of the molecule is Cc1nn(C)cc1-c1nc[nH]c1C(=O)O. The molecule has 0 atom stereocenters. The maximum absolute atomic E-state index is 10.9. The summed E-state index contributed by atoms with van der Waals surface area (Å²) in [6.07, 6.45) is 3.11. The Morgan fingerprint density at radius 3 is 2.87 bits per heavy atom. The summed E-state index contributed by atoms with van der Waals surface area (Å²) in [7, 11) is 1.78. The summed E-state index contributed by atoms with van der Waals surface area (Å²) in [5.41, 5.74) is 2.00. The normalized spacial score (nSPS) is 10.5. The topological polar surface area (TPSA) is 83.8 Å². The van der Waals surface area contributed by atoms with E-state index in [-0.39, 0.29) is 5.69 Å². The van der Waals surface area contributed by atoms with Crippen LogP contribution in [0.4, 0.5) is 0 Å². The molecule has 0 unspecified atom stereocenters. The van der Waals surface area contributed by atoms with Gasteiger partial charge in [0, 0.05) is 18.8 Å². The van der Waals surface area contributed by atoms with Gasteiger partial charge in [0.1, 0.15) is 5.69 Å². The highest BCUT2D eigenvalue weighted by atomic mass is 16.4. The molecule has 2 heterocycles. The lowest BCUT2D eigenvalue weighted by Gasteiger charge is -1.95. The Morgan fingerprint density at radius 2 is 2.33 bits per heavy atom. The van der Waals surface area contributed by atoms with Crippen LogP contribution in [0.3, 0.4) is 0 Å². The highest BCUT2D eigenvalue weighted by molar-refractivity contribution is 5.92. The minimum Gasteiger partial charge on any atom is -0.477 e. The van der Waals surface area contributed by atoms with Crippen molar-refractivity contribution >= 4 is 5.97 Å². The summed E-state index contributed by atoms with van der Waals surface area (Å²) < 4.78 is 1.63. The lowest BCUT2D eigenvalue weighted by atomic mass is 10.1. The van der Waals surface area contributed by atoms with Gasteiger partial charge in [-0.2, -0.15) is 5.10 Å². The van der Waals surface area contributed by atoms with Crippen molar-refractivity contribution in [3.8, 4) is 11.3 Å². The predicted octanol–water partition coefficient (Wildman–Crippen LogP) is 0.817. The van der Waals surface area contributed by atoms with Gasteiger partial charge < -0.3 is 10.1 Å². The van der Waals surface area contributed by atoms with Crippen molar-refractivity contribution in [3.63, 3.8) is 0 Å². The number of hydrogen-bond donors (Lipinski definition) is 2. The third-order valence-electron chi connectivity index (χ3n) is 2.12. The Hall–Kier alpha value is -2.11. The van der Waals surface area contributed by atoms with Crippen LogP contribution in [0.5, 0.6) is 0 Å². The molecule has 2 aromatic heterocycles. The Bertz CT molecular complexity index is 512. The molecule has 2 rings (SSSR count). The second kappa shape index (κ2) is 3.23. The molecule has 0 fully saturated rings. The van der Waals surface area contributed by atoms with Gasteiger partial charge in [0.15, 0.2) is 5.69 Å². The minimum atomic E-state index is -1.02. The van der Waals surface area contributed by atoms with Crippen molar-refractivity contribution in [3.05, 3.63) is 23.9 Å². The molecule has 6 nitrogen and oxygen atoms in total. The molecular formula is C9H10N4O2. The first kappa shape index (κ1) is 9.45. The van der Waals surface area contributed by atoms with E-state index in [1.54, 1.807) is 17.9 Å². The molecule has 15 heavy (non-hydrogen) atoms. The number of H-pyrrole nitrogens is 1. The van der Waals surface area contributed by atoms with Gasteiger partial charge in [-0.3, -0.25) is 4.68 Å². The lowest BCUT2D eigenvalue weighted by molar-refractivity contribution is 0.0692. The molecule has 0 aliphatic rings. The molecule has 0 radical (unpaired) electrons. The first-order chi connectivity index (χ1) is 7.09. The Morgan fingerprint density at radius 1 is 1.60 bits per heavy atom. The molecule has 0 saturated heterocycles. The minimum absolute atomic E-state index is 0.0890. The highest BCUT2D eigenvalue weighted by Crippen LogP contribution is 2.22. The number of carboxylic acid groups (broad SMARTS) is 1. The van der Waals surface area contributed by atoms with Crippen LogP contribution in [0.25, 0.3) is 11.3 Å². The Labute approximate surface area is 85.6 Å². The molecule has 0 aromatic carbocycles. The first-order valence-corrected chi connectivity index (χ1v) is 4.37. The van der Waals surface area contributed by atoms with Crippen LogP contribution < -0.4 is 0 Å². The van der Waals surface area contributed by atoms with E-state index in [1.807, 2.05) is 6.92 Å². The average molecular weight is 206 g/mol. The van der Waals surface area contributed by atoms with Gasteiger partial charge in [0.2, 0.25) is 0 Å². The van der Waals surface area contributed by atoms with Crippen LogP contribution in [-0.2, 0) is 7.05 Å². The van der Waals surface area contributed by atoms with Gasteiger partial charge in [-0.15, -0.1) is 0 Å². The van der Waals surface area contributed by atoms with E-state index >= 15 is 0 Å². The van der Waals surface area contributed by atoms with E-state index in [4.69, 9.17) is 5.11 Å². The number of aromatic carboxylic acids is 1. The van der Waals surface area contributed by atoms with Crippen molar-refractivity contribution in [2.75, 3.05) is 0 Å². The highest BCUT2D eigenvalue weighted by Gasteiger charge is 2.17. The zero-order valence-electron chi connectivity index (χ0n) is 8.35. The van der Waals surface area contributed by atoms with Crippen molar-refractivity contribution < 1.29 is 9.90 Å². The third kappa shape index (κ3) is 1.50. The van der Waals surface area contributed by atoms with Crippen molar-refractivity contribution in [1.29, 1.82) is 0 Å². The van der Waals surface area contributed by atoms with Gasteiger partial charge in [-0.25, -0.2) is 9.78 Å². The summed E-state index contributed by atoms with van der Waals surface area (Å²) in [5.74, 6) is -1.02. The predicted molar refractivity (Wildman–Crippen MR) is 52.5 cm³/mol. The number of aromatic amines is 1. The molecule has 0 bridgehead atoms. The fourth-order valence-corrected chi connectivity index (χ4v) is 1.49. The summed E-state index contributed by atoms with van der Waals surface area (Å²) in [4.78, 5) is 17.5. The lowest BCUT2D eigenvalue weighted by Crippen LogP contribution is -1.99. The van der Waals surface area contributed by atoms with Crippen LogP contribution in [0.15, 0.2) is 12.5 Å². The molecule has 2 N–H and O–H groups in total. The fourth-order valence-electron chi connectivity index (χ4n) is 1.49. The number of carbonyl (C=O) groups is 1. The van der Waals surface area contributed by atoms with E-state index in [1.165, 1.54) is 6.33 Å². The zero-order chi connectivity index (χ0) is 11.0. The standard InChI is InChI=1S/C9H10N4O2/c1-5-6(3-13(2)12-5)7-8(9(14)15)11-4-10-7/h3-4H,1-2H3,(H,10,11)(H,14,15). The number of aromatic nitrogens is 4. The third-order valence-corrected chi connectivity index (χ3v) is 2.12. The van der Waals surface area contributed by atoms with E-state index in [2.05, 4.69) is 15.1 Å². The molecule has 6 heteroatoms. The van der Waals surface area contributed by atoms with Crippen LogP contribution in [-0.4, -0.2) is 30.8 Å². The second-order valence-corrected chi connectivity index (χ2v) is 3.23. The van der Waals surface area contributed by atoms with Crippen LogP contribution >= 0.6 is 0 Å². The fraction of sp³-hybridized carbons (Fsp3) is 0.222. The summed E-state index contributed by atoms with van der Waals surface area (Å²) >= 11 is 0. The smallest absolute Gasteiger partial charge is 0.354 e. The van der Waals surface area contributed by atoms with E-state index < -0.39 is 5.97 Å². The van der Waals surface area contributed by atoms with Crippen LogP contribution in [0, 0.1) is 6.92 Å².